The van der Waals surface area contributed by atoms with Crippen LogP contribution in [0, 0.1) is 0 Å². The van der Waals surface area contributed by atoms with E-state index in [4.69, 9.17) is 9.97 Å². The molecule has 2 aliphatic rings. The number of fused-ring (bicyclic) bond motifs is 13. The zero-order valence-corrected chi connectivity index (χ0v) is 78.5. The van der Waals surface area contributed by atoms with E-state index < -0.39 is 0 Å². The fourth-order valence-corrected chi connectivity index (χ4v) is 24.2. The highest BCUT2D eigenvalue weighted by atomic mass is 32.1. The zero-order chi connectivity index (χ0) is 87.0. The van der Waals surface area contributed by atoms with E-state index in [1.165, 1.54) is 245 Å². The Morgan fingerprint density at radius 2 is 0.528 bits per heavy atom. The van der Waals surface area contributed by atoms with Crippen molar-refractivity contribution in [2.24, 2.45) is 0 Å². The van der Waals surface area contributed by atoms with E-state index in [1.807, 2.05) is 34.0 Å². The van der Waals surface area contributed by atoms with Crippen molar-refractivity contribution < 1.29 is 0 Å². The van der Waals surface area contributed by atoms with Crippen molar-refractivity contribution in [1.82, 2.24) is 9.97 Å². The van der Waals surface area contributed by atoms with E-state index in [0.29, 0.717) is 0 Å². The molecule has 0 bridgehead atoms. The maximum Gasteiger partial charge on any atom is 0.109 e. The smallest absolute Gasteiger partial charge is 0.109 e. The van der Waals surface area contributed by atoms with Crippen molar-refractivity contribution in [3.8, 4) is 84.9 Å². The lowest BCUT2D eigenvalue weighted by Gasteiger charge is -2.34. The topological polar surface area (TPSA) is 32.3 Å². The van der Waals surface area contributed by atoms with Crippen LogP contribution in [0.25, 0.3) is 129 Å². The van der Waals surface area contributed by atoms with Crippen LogP contribution in [0.15, 0.2) is 303 Å². The van der Waals surface area contributed by atoms with Crippen LogP contribution in [-0.4, -0.2) is 9.97 Å². The third kappa shape index (κ3) is 16.5. The Hall–Kier alpha value is -11.3. The molecule has 13 aromatic carbocycles. The highest BCUT2D eigenvalue weighted by molar-refractivity contribution is 7.21. The lowest BCUT2D eigenvalue weighted by atomic mass is 9.70. The molecule has 0 radical (unpaired) electrons. The summed E-state index contributed by atoms with van der Waals surface area (Å²) in [5, 5.41) is 4.58. The number of thiophene rings is 3. The molecule has 17 aromatic rings. The second kappa shape index (κ2) is 36.4. The van der Waals surface area contributed by atoms with Crippen molar-refractivity contribution in [2.75, 3.05) is 9.80 Å². The van der Waals surface area contributed by atoms with Gasteiger partial charge in [0.05, 0.1) is 20.8 Å². The first-order valence-electron chi connectivity index (χ1n) is 47.5. The summed E-state index contributed by atoms with van der Waals surface area (Å²) < 4.78 is 0. The molecule has 0 saturated carbocycles. The summed E-state index contributed by atoms with van der Waals surface area (Å²) in [5.41, 5.74) is 32.1. The summed E-state index contributed by atoms with van der Waals surface area (Å²) in [7, 11) is 0. The van der Waals surface area contributed by atoms with Crippen LogP contribution in [0.2, 0.25) is 0 Å². The van der Waals surface area contributed by atoms with Gasteiger partial charge in [-0.05, 0) is 258 Å². The molecule has 0 atom stereocenters. The van der Waals surface area contributed by atoms with E-state index in [2.05, 4.69) is 382 Å². The van der Waals surface area contributed by atoms with Gasteiger partial charge in [-0.15, -0.1) is 34.0 Å². The van der Waals surface area contributed by atoms with E-state index in [0.717, 1.165) is 79.4 Å². The number of rotatable bonds is 32. The summed E-state index contributed by atoms with van der Waals surface area (Å²) in [6.45, 7) is 23.2. The monoisotopic (exact) mass is 1710 g/mol. The van der Waals surface area contributed by atoms with Gasteiger partial charge < -0.3 is 9.80 Å². The Bertz CT molecular complexity index is 6270. The molecule has 7 heteroatoms. The van der Waals surface area contributed by atoms with Gasteiger partial charge in [-0.3, -0.25) is 0 Å². The van der Waals surface area contributed by atoms with E-state index >= 15 is 0 Å². The molecule has 0 amide bonds. The Kier molecular flexibility index (Phi) is 24.4. The van der Waals surface area contributed by atoms with Gasteiger partial charge in [0.1, 0.15) is 11.0 Å². The Balaban J connectivity index is 0.748. The van der Waals surface area contributed by atoms with Crippen LogP contribution in [0.1, 0.15) is 231 Å². The summed E-state index contributed by atoms with van der Waals surface area (Å²) in [5.74, 6) is 0. The molecule has 0 fully saturated rings. The third-order valence-electron chi connectivity index (χ3n) is 27.8. The van der Waals surface area contributed by atoms with Crippen LogP contribution < -0.4 is 9.80 Å². The summed E-state index contributed by atoms with van der Waals surface area (Å²) in [6, 6.07) is 117. The van der Waals surface area contributed by atoms with E-state index in [-0.39, 0.29) is 21.7 Å². The van der Waals surface area contributed by atoms with Gasteiger partial charge >= 0.3 is 0 Å². The first-order chi connectivity index (χ1) is 62.0. The van der Waals surface area contributed by atoms with Crippen LogP contribution >= 0.6 is 34.0 Å². The number of nitrogens with zero attached hydrogens (tertiary/aromatic N) is 4. The summed E-state index contributed by atoms with van der Waals surface area (Å²) in [6.07, 6.45) is 24.1. The van der Waals surface area contributed by atoms with Crippen molar-refractivity contribution in [3.05, 3.63) is 337 Å². The van der Waals surface area contributed by atoms with Crippen LogP contribution in [0.3, 0.4) is 0 Å². The number of benzene rings is 13. The molecule has 4 nitrogen and oxygen atoms in total. The van der Waals surface area contributed by atoms with Crippen LogP contribution in [-0.2, 0) is 21.7 Å². The lowest BCUT2D eigenvalue weighted by molar-refractivity contribution is 0.401. The maximum absolute atomic E-state index is 6.00. The first kappa shape index (κ1) is 85.1. The summed E-state index contributed by atoms with van der Waals surface area (Å²) in [4.78, 5) is 24.3. The average Bonchev–Trinajstić information content (AvgIpc) is 1.58. The zero-order valence-electron chi connectivity index (χ0n) is 76.0. The van der Waals surface area contributed by atoms with Crippen LogP contribution in [0.4, 0.5) is 34.1 Å². The van der Waals surface area contributed by atoms with E-state index in [1.54, 1.807) is 0 Å². The fourth-order valence-electron chi connectivity index (χ4n) is 21.0. The van der Waals surface area contributed by atoms with Gasteiger partial charge in [0.25, 0.3) is 0 Å². The molecule has 0 aliphatic heterocycles. The molecule has 2 aliphatic carbocycles. The first-order valence-corrected chi connectivity index (χ1v) is 49.9. The highest BCUT2D eigenvalue weighted by Gasteiger charge is 2.45. The van der Waals surface area contributed by atoms with Gasteiger partial charge in [0, 0.05) is 75.2 Å². The molecule has 4 aromatic heterocycles. The minimum Gasteiger partial charge on any atom is -0.310 e. The van der Waals surface area contributed by atoms with Crippen molar-refractivity contribution in [1.29, 1.82) is 0 Å². The van der Waals surface area contributed by atoms with Crippen molar-refractivity contribution in [3.63, 3.8) is 0 Å². The van der Waals surface area contributed by atoms with Gasteiger partial charge in [0.2, 0.25) is 0 Å². The number of para-hydroxylation sites is 4. The molecular weight excluding hydrogens is 1590 g/mol. The Labute approximate surface area is 766 Å². The Morgan fingerprint density at radius 1 is 0.244 bits per heavy atom. The molecule has 0 spiro atoms. The molecule has 0 saturated heterocycles. The van der Waals surface area contributed by atoms with E-state index in [9.17, 15) is 0 Å². The second-order valence-electron chi connectivity index (χ2n) is 38.3. The van der Waals surface area contributed by atoms with Gasteiger partial charge in [-0.25, -0.2) is 9.97 Å². The standard InChI is InChI=1S/C120H120N4S3/c1-11-15-19-35-71-119(72-36-20-16-12-2)103-77-85(51-61-95(103)97-65-59-93(79-105(97)119)123(89-39-27-23-28-40-89)90-41-29-24-30-42-90)109-69-67-107(125-109)83-53-63-99-101(75-83)102-76-84(54-64-100(102)112-111(99)121-113-114(122-112)116(82-49-57-88(58-50-82)118(8,9)10)127-115(113)81-47-55-87(56-48-81)117(5,6)7)108-68-70-110(126-108)86-52-62-96-98-66-60-94(124(91-43-31-25-32-44-91)92-45-33-26-34-46-92)80-106(98)120(104(96)78-86,73-37-21-17-13-3)74-38-22-18-14-4/h23-34,39-70,75-80H,11-22,35-38,71-74H2,1-10H3. The maximum atomic E-state index is 6.00. The lowest BCUT2D eigenvalue weighted by Crippen LogP contribution is -2.26. The second-order valence-corrected chi connectivity index (χ2v) is 41.5. The molecular formula is C120H120N4S3. The van der Waals surface area contributed by atoms with Crippen LogP contribution in [0.5, 0.6) is 0 Å². The predicted octanol–water partition coefficient (Wildman–Crippen LogP) is 37.2. The molecule has 638 valence electrons. The molecule has 0 unspecified atom stereocenters. The summed E-state index contributed by atoms with van der Waals surface area (Å²) >= 11 is 5.68. The third-order valence-corrected chi connectivity index (χ3v) is 31.5. The quantitative estimate of drug-likeness (QED) is 0.0311. The minimum atomic E-state index is -0.138. The molecule has 4 heterocycles. The number of anilines is 6. The van der Waals surface area contributed by atoms with Gasteiger partial charge in [-0.2, -0.15) is 0 Å². The number of hydrogen-bond acceptors (Lipinski definition) is 7. The number of hydrogen-bond donors (Lipinski definition) is 0. The van der Waals surface area contributed by atoms with Crippen molar-refractivity contribution in [2.45, 2.75) is 219 Å². The number of aromatic nitrogens is 2. The SMILES string of the molecule is CCCCCCC1(CCCCCC)c2cc(-c3ccc(-c4ccc5c(c4)c4cc(-c6ccc(-c7ccc8c(c7)C(CCCCCC)(CCCCCC)c7cc(N(c9ccccc9)c9ccccc9)ccc7-8)s6)ccc4c4nc6c(-c7ccc(C(C)(C)C)cc7)sc(-c7ccc(C(C)(C)C)cc7)c6nc54)s3)ccc2-c2ccc(N(c3ccccc3)c3ccccc3)cc21. The van der Waals surface area contributed by atoms with Gasteiger partial charge in [-0.1, -0.05) is 354 Å². The molecule has 0 N–H and O–H groups in total. The van der Waals surface area contributed by atoms with Crippen molar-refractivity contribution >= 4 is 112 Å². The Morgan fingerprint density at radius 3 is 0.835 bits per heavy atom. The molecule has 127 heavy (non-hydrogen) atoms. The predicted molar refractivity (Wildman–Crippen MR) is 553 cm³/mol. The fraction of sp³-hybridized carbons (Fsp3) is 0.283. The minimum absolute atomic E-state index is 0.0110. The average molecular weight is 1710 g/mol. The highest BCUT2D eigenvalue weighted by Crippen LogP contribution is 2.60. The number of unbranched alkanes of at least 4 members (excludes halogenated alkanes) is 12. The normalized spacial score (nSPS) is 13.2. The molecule has 19 rings (SSSR count). The largest absolute Gasteiger partial charge is 0.310 e. The van der Waals surface area contributed by atoms with Gasteiger partial charge in [0.15, 0.2) is 0 Å².